The number of hydrogen-bond donors (Lipinski definition) is 1. The van der Waals surface area contributed by atoms with Gasteiger partial charge in [-0.1, -0.05) is 33.4 Å². The van der Waals surface area contributed by atoms with E-state index in [1.165, 1.54) is 5.30 Å². The van der Waals surface area contributed by atoms with Gasteiger partial charge < -0.3 is 5.32 Å². The fraction of sp³-hybridized carbons (Fsp3) is 0.417. The number of Topliss-reactive ketones (excluding diaryl/α,β-unsaturated/α-hetero) is 1. The predicted octanol–water partition coefficient (Wildman–Crippen LogP) is 3.99. The van der Waals surface area contributed by atoms with Crippen LogP contribution in [0.25, 0.3) is 0 Å². The van der Waals surface area contributed by atoms with Crippen LogP contribution >= 0.6 is 33.1 Å². The molecule has 6 heteroatoms. The molecule has 0 fully saturated rings. The van der Waals surface area contributed by atoms with Crippen molar-refractivity contribution in [2.45, 2.75) is 19.8 Å². The molecule has 0 aliphatic carbocycles. The summed E-state index contributed by atoms with van der Waals surface area (Å²) in [5, 5.41) is 4.66. The lowest BCUT2D eigenvalue weighted by atomic mass is 9.89. The van der Waals surface area contributed by atoms with E-state index in [-0.39, 0.29) is 13.2 Å². The highest BCUT2D eigenvalue weighted by atomic mass is 32.6. The Morgan fingerprint density at radius 3 is 3.00 bits per heavy atom. The molecular weight excluding hydrogens is 298 g/mol. The molecule has 1 heterocycles. The minimum Gasteiger partial charge on any atom is -0.384 e. The summed E-state index contributed by atoms with van der Waals surface area (Å²) in [6.07, 6.45) is 2.05. The van der Waals surface area contributed by atoms with Gasteiger partial charge in [0, 0.05) is 23.7 Å². The number of carbonyl (C=O) groups excluding carboxylic acids is 1. The third-order valence-corrected chi connectivity index (χ3v) is 13.3. The van der Waals surface area contributed by atoms with Gasteiger partial charge in [-0.15, -0.1) is 17.9 Å². The minimum atomic E-state index is -0.296. The van der Waals surface area contributed by atoms with E-state index in [1.807, 2.05) is 6.07 Å². The quantitative estimate of drug-likeness (QED) is 0.851. The maximum absolute atomic E-state index is 12.6. The molecule has 2 nitrogen and oxygen atoms in total. The maximum Gasteiger partial charge on any atom is 0.170 e. The minimum absolute atomic E-state index is 0.157. The zero-order valence-corrected chi connectivity index (χ0v) is 14.6. The number of benzene rings is 1. The van der Waals surface area contributed by atoms with E-state index >= 15 is 0 Å². The molecule has 0 radical (unpaired) electrons. The van der Waals surface area contributed by atoms with Gasteiger partial charge in [0.05, 0.1) is 0 Å². The summed E-state index contributed by atoms with van der Waals surface area (Å²) in [6.45, 7) is 2.93. The zero-order valence-electron chi connectivity index (χ0n) is 10.4. The van der Waals surface area contributed by atoms with Gasteiger partial charge >= 0.3 is 0 Å². The maximum atomic E-state index is 12.6. The fourth-order valence-corrected chi connectivity index (χ4v) is 6.06. The Hall–Kier alpha value is 0.410. The van der Waals surface area contributed by atoms with Crippen LogP contribution in [0.5, 0.6) is 0 Å². The van der Waals surface area contributed by atoms with E-state index in [2.05, 4.69) is 42.2 Å². The first-order valence-corrected chi connectivity index (χ1v) is 12.7. The van der Waals surface area contributed by atoms with Crippen molar-refractivity contribution in [2.24, 2.45) is 5.92 Å². The molecule has 1 aliphatic rings. The fourth-order valence-electron chi connectivity index (χ4n) is 2.33. The molecule has 1 aromatic rings. The van der Waals surface area contributed by atoms with E-state index in [0.717, 1.165) is 38.6 Å². The van der Waals surface area contributed by atoms with Crippen LogP contribution in [0.2, 0.25) is 0 Å². The van der Waals surface area contributed by atoms with Crippen LogP contribution in [0.3, 0.4) is 0 Å². The van der Waals surface area contributed by atoms with Gasteiger partial charge in [0.1, 0.15) is 0 Å². The molecule has 5 unspecified atom stereocenters. The van der Waals surface area contributed by atoms with Gasteiger partial charge in [-0.25, -0.2) is 0 Å². The number of carbonyl (C=O) groups is 1. The van der Waals surface area contributed by atoms with Crippen LogP contribution in [0.1, 0.15) is 30.1 Å². The van der Waals surface area contributed by atoms with Gasteiger partial charge in [0.25, 0.3) is 0 Å². The molecule has 1 aromatic carbocycles. The van der Waals surface area contributed by atoms with Crippen molar-refractivity contribution in [1.29, 1.82) is 0 Å². The highest BCUT2D eigenvalue weighted by Crippen LogP contribution is 2.65. The summed E-state index contributed by atoms with van der Waals surface area (Å²) in [5.74, 6) is 0.504. The van der Waals surface area contributed by atoms with Crippen LogP contribution in [0.4, 0.5) is 5.69 Å². The second-order valence-electron chi connectivity index (χ2n) is 4.43. The molecule has 18 heavy (non-hydrogen) atoms. The van der Waals surface area contributed by atoms with Crippen molar-refractivity contribution >= 4 is 49.9 Å². The summed E-state index contributed by atoms with van der Waals surface area (Å²) in [6, 6.07) is 6.19. The standard InChI is InChI=1S/C12H19NOP4/c1-2-4-8-7-13-9-5-3-6-10(18(16)17-15)11(9)12(8)14/h3,5-6,8,13,17H,2,4,7,15-16H2,1H3. The van der Waals surface area contributed by atoms with Gasteiger partial charge in [-0.3, -0.25) is 4.79 Å². The summed E-state index contributed by atoms with van der Waals surface area (Å²) >= 11 is 0. The highest BCUT2D eigenvalue weighted by Gasteiger charge is 2.29. The molecule has 0 aromatic heterocycles. The van der Waals surface area contributed by atoms with Crippen LogP contribution < -0.4 is 10.6 Å². The molecule has 0 saturated heterocycles. The number of fused-ring (bicyclic) bond motifs is 1. The molecule has 1 aliphatic heterocycles. The number of rotatable bonds is 4. The molecule has 98 valence electrons. The van der Waals surface area contributed by atoms with Gasteiger partial charge in [-0.05, 0) is 25.1 Å². The van der Waals surface area contributed by atoms with Crippen LogP contribution in [0.15, 0.2) is 18.2 Å². The Morgan fingerprint density at radius 1 is 1.56 bits per heavy atom. The molecule has 0 saturated carbocycles. The molecule has 2 rings (SSSR count). The lowest BCUT2D eigenvalue weighted by Gasteiger charge is -2.27. The van der Waals surface area contributed by atoms with Crippen molar-refractivity contribution in [3.05, 3.63) is 23.8 Å². The summed E-state index contributed by atoms with van der Waals surface area (Å²) in [5.41, 5.74) is 1.99. The van der Waals surface area contributed by atoms with Crippen molar-refractivity contribution in [3.63, 3.8) is 0 Å². The second kappa shape index (κ2) is 6.72. The number of nitrogens with one attached hydrogen (secondary N) is 1. The van der Waals surface area contributed by atoms with Gasteiger partial charge in [-0.2, -0.15) is 0 Å². The average molecular weight is 317 g/mol. The Balaban J connectivity index is 2.41. The normalized spacial score (nSPS) is 20.8. The average Bonchev–Trinajstić information content (AvgIpc) is 2.40. The van der Waals surface area contributed by atoms with Crippen LogP contribution in [-0.2, 0) is 0 Å². The van der Waals surface area contributed by atoms with E-state index in [9.17, 15) is 4.79 Å². The second-order valence-corrected chi connectivity index (χ2v) is 13.6. The molecule has 0 amide bonds. The topological polar surface area (TPSA) is 29.1 Å². The van der Waals surface area contributed by atoms with E-state index < -0.39 is 0 Å². The Kier molecular flexibility index (Phi) is 5.53. The SMILES string of the molecule is CCCC1CNc2cccc(P(P)PP)c2C1=O. The first-order valence-electron chi connectivity index (χ1n) is 6.11. The highest BCUT2D eigenvalue weighted by molar-refractivity contribution is 8.63. The van der Waals surface area contributed by atoms with E-state index in [4.69, 9.17) is 0 Å². The van der Waals surface area contributed by atoms with Crippen molar-refractivity contribution in [2.75, 3.05) is 11.9 Å². The molecule has 0 spiro atoms. The summed E-state index contributed by atoms with van der Waals surface area (Å²) in [4.78, 5) is 12.6. The Morgan fingerprint density at radius 2 is 2.33 bits per heavy atom. The number of ketones is 1. The first kappa shape index (κ1) is 14.8. The molecule has 1 N–H and O–H groups in total. The summed E-state index contributed by atoms with van der Waals surface area (Å²) in [7, 11) is 6.20. The molecule has 0 bridgehead atoms. The van der Waals surface area contributed by atoms with Crippen LogP contribution in [-0.4, -0.2) is 12.3 Å². The van der Waals surface area contributed by atoms with Crippen molar-refractivity contribution in [3.8, 4) is 0 Å². The Labute approximate surface area is 116 Å². The van der Waals surface area contributed by atoms with Gasteiger partial charge in [0.2, 0.25) is 0 Å². The zero-order chi connectivity index (χ0) is 13.1. The summed E-state index contributed by atoms with van der Waals surface area (Å²) < 4.78 is 0. The smallest absolute Gasteiger partial charge is 0.170 e. The largest absolute Gasteiger partial charge is 0.384 e. The predicted molar refractivity (Wildman–Crippen MR) is 91.9 cm³/mol. The van der Waals surface area contributed by atoms with E-state index in [0.29, 0.717) is 5.78 Å². The lowest BCUT2D eigenvalue weighted by Crippen LogP contribution is -2.33. The van der Waals surface area contributed by atoms with Gasteiger partial charge in [0.15, 0.2) is 5.78 Å². The third kappa shape index (κ3) is 2.94. The monoisotopic (exact) mass is 317 g/mol. The third-order valence-electron chi connectivity index (χ3n) is 3.23. The molecular formula is C12H19NOP4. The van der Waals surface area contributed by atoms with E-state index in [1.54, 1.807) is 0 Å². The molecule has 5 atom stereocenters. The lowest BCUT2D eigenvalue weighted by molar-refractivity contribution is 0.0916. The van der Waals surface area contributed by atoms with Crippen LogP contribution in [0, 0.1) is 5.92 Å². The number of hydrogen-bond acceptors (Lipinski definition) is 2. The Bertz CT molecular complexity index is 452. The van der Waals surface area contributed by atoms with Crippen molar-refractivity contribution in [1.82, 2.24) is 0 Å². The number of anilines is 1. The first-order chi connectivity index (χ1) is 8.69. The van der Waals surface area contributed by atoms with Crippen molar-refractivity contribution < 1.29 is 4.79 Å².